The van der Waals surface area contributed by atoms with Gasteiger partial charge in [0.25, 0.3) is 0 Å². The van der Waals surface area contributed by atoms with Crippen LogP contribution in [-0.4, -0.2) is 47.4 Å². The predicted molar refractivity (Wildman–Crippen MR) is 69.5 cm³/mol. The van der Waals surface area contributed by atoms with E-state index in [0.29, 0.717) is 19.4 Å². The molecule has 1 atom stereocenters. The number of likely N-dealkylation sites (tertiary alicyclic amines) is 1. The normalized spacial score (nSPS) is 20.3. The number of hydrogen-bond acceptors (Lipinski definition) is 3. The summed E-state index contributed by atoms with van der Waals surface area (Å²) in [5.74, 6) is -0.962. The molecule has 0 aromatic carbocycles. The lowest BCUT2D eigenvalue weighted by molar-refractivity contribution is -0.140. The van der Waals surface area contributed by atoms with Crippen LogP contribution in [0.1, 0.15) is 39.5 Å². The fraction of sp³-hybridized carbons (Fsp3) is 0.769. The second kappa shape index (κ2) is 6.04. The minimum atomic E-state index is -0.902. The maximum absolute atomic E-state index is 11.9. The number of amides is 2. The SMILES string of the molecule is CN1C[C@H](NC(=O)CC(C)(C)CC(=O)O)CCC1=O. The molecule has 1 rings (SSSR count). The van der Waals surface area contributed by atoms with E-state index in [2.05, 4.69) is 5.32 Å². The first-order chi connectivity index (χ1) is 8.69. The Morgan fingerprint density at radius 1 is 1.42 bits per heavy atom. The van der Waals surface area contributed by atoms with Crippen molar-refractivity contribution in [1.29, 1.82) is 0 Å². The van der Waals surface area contributed by atoms with Crippen LogP contribution in [0.15, 0.2) is 0 Å². The van der Waals surface area contributed by atoms with Crippen LogP contribution in [0.25, 0.3) is 0 Å². The van der Waals surface area contributed by atoms with Crippen LogP contribution in [0.4, 0.5) is 0 Å². The molecular weight excluding hydrogens is 248 g/mol. The minimum absolute atomic E-state index is 0.0316. The molecule has 1 heterocycles. The van der Waals surface area contributed by atoms with Gasteiger partial charge in [0.2, 0.25) is 11.8 Å². The Balaban J connectivity index is 2.43. The second-order valence-corrected chi connectivity index (χ2v) is 5.99. The van der Waals surface area contributed by atoms with E-state index in [1.165, 1.54) is 0 Å². The largest absolute Gasteiger partial charge is 0.481 e. The summed E-state index contributed by atoms with van der Waals surface area (Å²) in [7, 11) is 1.72. The summed E-state index contributed by atoms with van der Waals surface area (Å²) in [6.07, 6.45) is 1.23. The van der Waals surface area contributed by atoms with Crippen LogP contribution in [0, 0.1) is 5.41 Å². The fourth-order valence-corrected chi connectivity index (χ4v) is 2.32. The zero-order valence-corrected chi connectivity index (χ0v) is 11.7. The van der Waals surface area contributed by atoms with Gasteiger partial charge in [-0.2, -0.15) is 0 Å². The molecule has 1 aliphatic rings. The van der Waals surface area contributed by atoms with Crippen molar-refractivity contribution < 1.29 is 19.5 Å². The topological polar surface area (TPSA) is 86.7 Å². The van der Waals surface area contributed by atoms with Gasteiger partial charge < -0.3 is 15.3 Å². The van der Waals surface area contributed by atoms with Crippen molar-refractivity contribution in [3.63, 3.8) is 0 Å². The number of likely N-dealkylation sites (N-methyl/N-ethyl adjacent to an activating group) is 1. The first kappa shape index (κ1) is 15.5. The first-order valence-electron chi connectivity index (χ1n) is 6.45. The Bertz CT molecular complexity index is 379. The van der Waals surface area contributed by atoms with E-state index < -0.39 is 11.4 Å². The number of hydrogen-bond donors (Lipinski definition) is 2. The number of aliphatic carboxylic acids is 1. The van der Waals surface area contributed by atoms with E-state index in [4.69, 9.17) is 5.11 Å². The average molecular weight is 270 g/mol. The second-order valence-electron chi connectivity index (χ2n) is 5.99. The van der Waals surface area contributed by atoms with E-state index in [-0.39, 0.29) is 30.7 Å². The molecule has 0 radical (unpaired) electrons. The van der Waals surface area contributed by atoms with Crippen LogP contribution in [0.2, 0.25) is 0 Å². The number of carboxylic acids is 1. The van der Waals surface area contributed by atoms with E-state index in [1.54, 1.807) is 25.8 Å². The Labute approximate surface area is 113 Å². The third-order valence-corrected chi connectivity index (χ3v) is 3.26. The van der Waals surface area contributed by atoms with Gasteiger partial charge >= 0.3 is 5.97 Å². The van der Waals surface area contributed by atoms with Gasteiger partial charge in [0.05, 0.1) is 6.42 Å². The molecule has 6 heteroatoms. The van der Waals surface area contributed by atoms with E-state index in [9.17, 15) is 14.4 Å². The summed E-state index contributed by atoms with van der Waals surface area (Å²) in [6.45, 7) is 4.04. The molecule has 19 heavy (non-hydrogen) atoms. The van der Waals surface area contributed by atoms with Gasteiger partial charge in [-0.05, 0) is 11.8 Å². The molecule has 0 aliphatic carbocycles. The van der Waals surface area contributed by atoms with Crippen LogP contribution in [0.5, 0.6) is 0 Å². The number of carboxylic acid groups (broad SMARTS) is 1. The van der Waals surface area contributed by atoms with Gasteiger partial charge in [-0.25, -0.2) is 0 Å². The summed E-state index contributed by atoms with van der Waals surface area (Å²) in [5, 5.41) is 11.6. The fourth-order valence-electron chi connectivity index (χ4n) is 2.32. The zero-order valence-electron chi connectivity index (χ0n) is 11.7. The molecule has 0 spiro atoms. The number of nitrogens with zero attached hydrogens (tertiary/aromatic N) is 1. The summed E-state index contributed by atoms with van der Waals surface area (Å²) < 4.78 is 0. The van der Waals surface area contributed by atoms with Crippen molar-refractivity contribution >= 4 is 17.8 Å². The third kappa shape index (κ3) is 5.28. The van der Waals surface area contributed by atoms with Gasteiger partial charge in [-0.15, -0.1) is 0 Å². The van der Waals surface area contributed by atoms with E-state index in [0.717, 1.165) is 0 Å². The smallest absolute Gasteiger partial charge is 0.303 e. The summed E-state index contributed by atoms with van der Waals surface area (Å²) >= 11 is 0. The van der Waals surface area contributed by atoms with Crippen molar-refractivity contribution in [3.8, 4) is 0 Å². The quantitative estimate of drug-likeness (QED) is 0.766. The summed E-state index contributed by atoms with van der Waals surface area (Å²) in [5.41, 5.74) is -0.563. The Kier molecular flexibility index (Phi) is 4.91. The number of rotatable bonds is 5. The van der Waals surface area contributed by atoms with Crippen molar-refractivity contribution in [2.24, 2.45) is 5.41 Å². The number of nitrogens with one attached hydrogen (secondary N) is 1. The molecule has 0 unspecified atom stereocenters. The van der Waals surface area contributed by atoms with E-state index in [1.807, 2.05) is 0 Å². The van der Waals surface area contributed by atoms with Crippen molar-refractivity contribution in [1.82, 2.24) is 10.2 Å². The van der Waals surface area contributed by atoms with Gasteiger partial charge in [0.1, 0.15) is 0 Å². The highest BCUT2D eigenvalue weighted by molar-refractivity contribution is 5.80. The van der Waals surface area contributed by atoms with Crippen molar-refractivity contribution in [2.45, 2.75) is 45.6 Å². The molecule has 0 saturated carbocycles. The average Bonchev–Trinajstić information content (AvgIpc) is 2.20. The highest BCUT2D eigenvalue weighted by atomic mass is 16.4. The molecular formula is C13H22N2O4. The van der Waals surface area contributed by atoms with Crippen LogP contribution in [-0.2, 0) is 14.4 Å². The molecule has 1 aliphatic heterocycles. The lowest BCUT2D eigenvalue weighted by Gasteiger charge is -2.31. The molecule has 1 fully saturated rings. The highest BCUT2D eigenvalue weighted by Gasteiger charge is 2.28. The van der Waals surface area contributed by atoms with Crippen molar-refractivity contribution in [2.75, 3.05) is 13.6 Å². The van der Waals surface area contributed by atoms with E-state index >= 15 is 0 Å². The van der Waals surface area contributed by atoms with Gasteiger partial charge in [0.15, 0.2) is 0 Å². The molecule has 2 amide bonds. The Morgan fingerprint density at radius 3 is 2.58 bits per heavy atom. The zero-order chi connectivity index (χ0) is 14.6. The lowest BCUT2D eigenvalue weighted by Crippen LogP contribution is -2.49. The van der Waals surface area contributed by atoms with Crippen LogP contribution >= 0.6 is 0 Å². The summed E-state index contributed by atoms with van der Waals surface area (Å²) in [6, 6.07) is -0.0316. The molecule has 0 bridgehead atoms. The molecule has 0 aromatic heterocycles. The first-order valence-corrected chi connectivity index (χ1v) is 6.45. The monoisotopic (exact) mass is 270 g/mol. The van der Waals surface area contributed by atoms with Crippen LogP contribution < -0.4 is 5.32 Å². The predicted octanol–water partition coefficient (Wildman–Crippen LogP) is 0.614. The van der Waals surface area contributed by atoms with Gasteiger partial charge in [0, 0.05) is 32.5 Å². The number of carbonyl (C=O) groups is 3. The number of piperidine rings is 1. The molecule has 2 N–H and O–H groups in total. The molecule has 6 nitrogen and oxygen atoms in total. The maximum atomic E-state index is 11.9. The standard InChI is InChI=1S/C13H22N2O4/c1-13(2,7-12(18)19)6-10(16)14-9-4-5-11(17)15(3)8-9/h9H,4-8H2,1-3H3,(H,14,16)(H,18,19)/t9-/m1/s1. The Hall–Kier alpha value is -1.59. The van der Waals surface area contributed by atoms with Gasteiger partial charge in [-0.1, -0.05) is 13.8 Å². The maximum Gasteiger partial charge on any atom is 0.303 e. The highest BCUT2D eigenvalue weighted by Crippen LogP contribution is 2.25. The Morgan fingerprint density at radius 2 is 2.05 bits per heavy atom. The van der Waals surface area contributed by atoms with Gasteiger partial charge in [-0.3, -0.25) is 14.4 Å². The summed E-state index contributed by atoms with van der Waals surface area (Å²) in [4.78, 5) is 35.5. The van der Waals surface area contributed by atoms with Crippen LogP contribution in [0.3, 0.4) is 0 Å². The molecule has 0 aromatic rings. The lowest BCUT2D eigenvalue weighted by atomic mass is 9.85. The number of carbonyl (C=O) groups excluding carboxylic acids is 2. The van der Waals surface area contributed by atoms with Crippen molar-refractivity contribution in [3.05, 3.63) is 0 Å². The third-order valence-electron chi connectivity index (χ3n) is 3.26. The minimum Gasteiger partial charge on any atom is -0.481 e. The molecule has 1 saturated heterocycles. The molecule has 108 valence electrons.